The lowest BCUT2D eigenvalue weighted by Crippen LogP contribution is -2.47. The van der Waals surface area contributed by atoms with Crippen LogP contribution >= 0.6 is 0 Å². The van der Waals surface area contributed by atoms with Gasteiger partial charge in [0.1, 0.15) is 0 Å². The van der Waals surface area contributed by atoms with Crippen molar-refractivity contribution >= 4 is 20.2 Å². The van der Waals surface area contributed by atoms with Gasteiger partial charge in [-0.15, -0.1) is 0 Å². The summed E-state index contributed by atoms with van der Waals surface area (Å²) in [4.78, 5) is 0. The van der Waals surface area contributed by atoms with Gasteiger partial charge in [0.25, 0.3) is 20.2 Å². The minimum atomic E-state index is -4.14. The SMILES string of the molecule is CCC1(C)CC(C)(CC)OS(=O)(=O)CS(=O)(=O)O1. The van der Waals surface area contributed by atoms with Crippen molar-refractivity contribution in [1.82, 2.24) is 0 Å². The fourth-order valence-corrected chi connectivity index (χ4v) is 5.43. The first-order valence-electron chi connectivity index (χ1n) is 5.81. The third kappa shape index (κ3) is 3.91. The van der Waals surface area contributed by atoms with Gasteiger partial charge in [-0.2, -0.15) is 16.8 Å². The van der Waals surface area contributed by atoms with Crippen LogP contribution in [-0.4, -0.2) is 33.1 Å². The first kappa shape index (κ1) is 15.9. The first-order valence-corrected chi connectivity index (χ1v) is 8.97. The minimum Gasteiger partial charge on any atom is -0.263 e. The van der Waals surface area contributed by atoms with Gasteiger partial charge in [0.2, 0.25) is 5.08 Å². The Hall–Kier alpha value is -0.180. The fraction of sp³-hybridized carbons (Fsp3) is 1.00. The maximum Gasteiger partial charge on any atom is 0.284 e. The normalized spacial score (nSPS) is 39.8. The maximum atomic E-state index is 11.6. The second-order valence-corrected chi connectivity index (χ2v) is 8.69. The van der Waals surface area contributed by atoms with Crippen LogP contribution in [-0.2, 0) is 28.6 Å². The molecule has 1 heterocycles. The molecule has 1 aliphatic rings. The summed E-state index contributed by atoms with van der Waals surface area (Å²) in [5.74, 6) is 0. The molecular weight excluding hydrogens is 280 g/mol. The lowest BCUT2D eigenvalue weighted by Gasteiger charge is -2.39. The summed E-state index contributed by atoms with van der Waals surface area (Å²) in [6.07, 6.45) is 1.10. The zero-order valence-electron chi connectivity index (χ0n) is 11.1. The van der Waals surface area contributed by atoms with E-state index in [-0.39, 0.29) is 6.42 Å². The first-order chi connectivity index (χ1) is 7.95. The van der Waals surface area contributed by atoms with Crippen LogP contribution in [0.15, 0.2) is 0 Å². The van der Waals surface area contributed by atoms with E-state index < -0.39 is 36.5 Å². The summed E-state index contributed by atoms with van der Waals surface area (Å²) in [5.41, 5.74) is -1.89. The molecule has 0 aromatic rings. The van der Waals surface area contributed by atoms with Crippen LogP contribution in [0.25, 0.3) is 0 Å². The van der Waals surface area contributed by atoms with Crippen LogP contribution in [0, 0.1) is 0 Å². The van der Waals surface area contributed by atoms with Crippen LogP contribution in [0.2, 0.25) is 0 Å². The smallest absolute Gasteiger partial charge is 0.263 e. The van der Waals surface area contributed by atoms with Crippen LogP contribution < -0.4 is 0 Å². The summed E-state index contributed by atoms with van der Waals surface area (Å²) in [6.45, 7) is 6.89. The Labute approximate surface area is 109 Å². The Morgan fingerprint density at radius 2 is 1.22 bits per heavy atom. The molecule has 0 radical (unpaired) electrons. The second kappa shape index (κ2) is 4.73. The Bertz CT molecular complexity index is 462. The van der Waals surface area contributed by atoms with Gasteiger partial charge in [-0.3, -0.25) is 8.37 Å². The van der Waals surface area contributed by atoms with Crippen molar-refractivity contribution in [3.05, 3.63) is 0 Å². The average molecular weight is 300 g/mol. The summed E-state index contributed by atoms with van der Waals surface area (Å²) >= 11 is 0. The molecule has 1 saturated heterocycles. The topological polar surface area (TPSA) is 86.7 Å². The third-order valence-corrected chi connectivity index (χ3v) is 6.81. The Balaban J connectivity index is 3.24. The van der Waals surface area contributed by atoms with E-state index in [1.807, 2.05) is 0 Å². The highest BCUT2D eigenvalue weighted by Gasteiger charge is 2.45. The van der Waals surface area contributed by atoms with Crippen LogP contribution in [0.3, 0.4) is 0 Å². The van der Waals surface area contributed by atoms with Crippen molar-refractivity contribution in [2.24, 2.45) is 0 Å². The summed E-state index contributed by atoms with van der Waals surface area (Å²) in [6, 6.07) is 0. The predicted molar refractivity (Wildman–Crippen MR) is 66.9 cm³/mol. The van der Waals surface area contributed by atoms with Crippen molar-refractivity contribution in [2.75, 3.05) is 5.08 Å². The van der Waals surface area contributed by atoms with Crippen LogP contribution in [0.4, 0.5) is 0 Å². The van der Waals surface area contributed by atoms with Crippen molar-refractivity contribution in [2.45, 2.75) is 58.2 Å². The molecule has 1 fully saturated rings. The summed E-state index contributed by atoms with van der Waals surface area (Å²) < 4.78 is 56.6. The standard InChI is InChI=1S/C10H20O6S2/c1-5-9(3)7-10(4,6-2)16-18(13,14)8-17(11,12)15-9/h5-8H2,1-4H3. The van der Waals surface area contributed by atoms with Gasteiger partial charge in [-0.25, -0.2) is 0 Å². The zero-order valence-corrected chi connectivity index (χ0v) is 12.7. The van der Waals surface area contributed by atoms with Gasteiger partial charge < -0.3 is 0 Å². The van der Waals surface area contributed by atoms with E-state index >= 15 is 0 Å². The van der Waals surface area contributed by atoms with Gasteiger partial charge >= 0.3 is 0 Å². The van der Waals surface area contributed by atoms with E-state index in [1.165, 1.54) is 0 Å². The molecule has 1 rings (SSSR count). The average Bonchev–Trinajstić information content (AvgIpc) is 2.11. The lowest BCUT2D eigenvalue weighted by atomic mass is 9.86. The number of hydrogen-bond donors (Lipinski definition) is 0. The van der Waals surface area contributed by atoms with Gasteiger partial charge in [0.15, 0.2) is 0 Å². The Kier molecular flexibility index (Phi) is 4.18. The molecule has 0 aromatic carbocycles. The molecule has 18 heavy (non-hydrogen) atoms. The highest BCUT2D eigenvalue weighted by Crippen LogP contribution is 2.36. The van der Waals surface area contributed by atoms with E-state index in [2.05, 4.69) is 0 Å². The van der Waals surface area contributed by atoms with Crippen molar-refractivity contribution in [3.63, 3.8) is 0 Å². The quantitative estimate of drug-likeness (QED) is 0.716. The van der Waals surface area contributed by atoms with Crippen molar-refractivity contribution < 1.29 is 25.2 Å². The monoisotopic (exact) mass is 300 g/mol. The summed E-state index contributed by atoms with van der Waals surface area (Å²) in [5, 5.41) is -1.13. The molecule has 2 atom stereocenters. The molecule has 0 bridgehead atoms. The zero-order chi connectivity index (χ0) is 14.2. The molecule has 8 heteroatoms. The van der Waals surface area contributed by atoms with Gasteiger partial charge in [0, 0.05) is 6.42 Å². The van der Waals surface area contributed by atoms with E-state index in [0.717, 1.165) is 0 Å². The Morgan fingerprint density at radius 1 is 0.889 bits per heavy atom. The molecule has 2 unspecified atom stereocenters. The molecular formula is C10H20O6S2. The lowest BCUT2D eigenvalue weighted by molar-refractivity contribution is -0.0160. The number of rotatable bonds is 2. The van der Waals surface area contributed by atoms with Gasteiger partial charge in [-0.1, -0.05) is 13.8 Å². The molecule has 1 aliphatic heterocycles. The predicted octanol–water partition coefficient (Wildman–Crippen LogP) is 1.38. The minimum absolute atomic E-state index is 0.200. The maximum absolute atomic E-state index is 11.6. The summed E-state index contributed by atoms with van der Waals surface area (Å²) in [7, 11) is -8.28. The molecule has 6 nitrogen and oxygen atoms in total. The van der Waals surface area contributed by atoms with Crippen LogP contribution in [0.1, 0.15) is 47.0 Å². The van der Waals surface area contributed by atoms with E-state index in [4.69, 9.17) is 8.37 Å². The highest BCUT2D eigenvalue weighted by molar-refractivity contribution is 8.03. The molecule has 108 valence electrons. The Morgan fingerprint density at radius 3 is 1.50 bits per heavy atom. The third-order valence-electron chi connectivity index (χ3n) is 3.19. The fourth-order valence-electron chi connectivity index (χ4n) is 2.06. The molecule has 0 aliphatic carbocycles. The van der Waals surface area contributed by atoms with Crippen molar-refractivity contribution in [1.29, 1.82) is 0 Å². The molecule has 0 amide bonds. The van der Waals surface area contributed by atoms with Gasteiger partial charge in [-0.05, 0) is 26.7 Å². The molecule has 0 N–H and O–H groups in total. The highest BCUT2D eigenvalue weighted by atomic mass is 32.3. The largest absolute Gasteiger partial charge is 0.284 e. The van der Waals surface area contributed by atoms with E-state index in [1.54, 1.807) is 27.7 Å². The number of hydrogen-bond acceptors (Lipinski definition) is 6. The molecule has 0 spiro atoms. The van der Waals surface area contributed by atoms with Crippen molar-refractivity contribution in [3.8, 4) is 0 Å². The molecule has 0 aromatic heterocycles. The van der Waals surface area contributed by atoms with E-state index in [9.17, 15) is 16.8 Å². The van der Waals surface area contributed by atoms with E-state index in [0.29, 0.717) is 12.8 Å². The second-order valence-electron chi connectivity index (χ2n) is 5.18. The molecule has 0 saturated carbocycles. The van der Waals surface area contributed by atoms with Gasteiger partial charge in [0.05, 0.1) is 11.2 Å². The van der Waals surface area contributed by atoms with Crippen LogP contribution in [0.5, 0.6) is 0 Å².